The van der Waals surface area contributed by atoms with E-state index in [9.17, 15) is 4.79 Å². The summed E-state index contributed by atoms with van der Waals surface area (Å²) >= 11 is 9.22. The maximum absolute atomic E-state index is 11.2. The summed E-state index contributed by atoms with van der Waals surface area (Å²) in [5.74, 6) is 1.69. The van der Waals surface area contributed by atoms with E-state index in [2.05, 4.69) is 15.3 Å². The number of benzene rings is 1. The van der Waals surface area contributed by atoms with Crippen LogP contribution in [0.15, 0.2) is 34.7 Å². The largest absolute Gasteiger partial charge is 0.300 e. The standard InChI is InChI=1S/C17H15ClN2OS2/c1-10(21)7-8-22-16-15-14(12-3-5-13(18)6-4-12)9-23-17(15)20-11(2)19-16/h3-6,9H,7-8H2,1-2H3. The zero-order chi connectivity index (χ0) is 16.4. The summed E-state index contributed by atoms with van der Waals surface area (Å²) < 4.78 is 0. The van der Waals surface area contributed by atoms with Gasteiger partial charge in [-0.15, -0.1) is 23.1 Å². The van der Waals surface area contributed by atoms with Crippen molar-refractivity contribution in [2.75, 3.05) is 5.75 Å². The molecule has 0 radical (unpaired) electrons. The van der Waals surface area contributed by atoms with Crippen LogP contribution in [0.2, 0.25) is 5.02 Å². The number of fused-ring (bicyclic) bond motifs is 1. The van der Waals surface area contributed by atoms with Gasteiger partial charge in [0.25, 0.3) is 0 Å². The summed E-state index contributed by atoms with van der Waals surface area (Å²) in [6.45, 7) is 3.52. The first-order valence-electron chi connectivity index (χ1n) is 7.18. The van der Waals surface area contributed by atoms with Crippen LogP contribution in [0.5, 0.6) is 0 Å². The SMILES string of the molecule is CC(=O)CCSc1nc(C)nc2scc(-c3ccc(Cl)cc3)c12. The van der Waals surface area contributed by atoms with E-state index in [4.69, 9.17) is 11.6 Å². The monoisotopic (exact) mass is 362 g/mol. The van der Waals surface area contributed by atoms with E-state index in [-0.39, 0.29) is 5.78 Å². The number of halogens is 1. The van der Waals surface area contributed by atoms with Gasteiger partial charge >= 0.3 is 0 Å². The van der Waals surface area contributed by atoms with Gasteiger partial charge in [0.05, 0.1) is 5.39 Å². The van der Waals surface area contributed by atoms with Crippen molar-refractivity contribution in [1.82, 2.24) is 9.97 Å². The zero-order valence-electron chi connectivity index (χ0n) is 12.8. The van der Waals surface area contributed by atoms with Crippen LogP contribution in [0.1, 0.15) is 19.2 Å². The third-order valence-corrected chi connectivity index (χ3v) is 5.46. The first-order chi connectivity index (χ1) is 11.0. The molecule has 0 aliphatic rings. The molecule has 3 aromatic rings. The van der Waals surface area contributed by atoms with Gasteiger partial charge in [-0.05, 0) is 31.5 Å². The number of rotatable bonds is 5. The van der Waals surface area contributed by atoms with Gasteiger partial charge in [0.2, 0.25) is 0 Å². The highest BCUT2D eigenvalue weighted by molar-refractivity contribution is 7.99. The van der Waals surface area contributed by atoms with E-state index in [0.29, 0.717) is 6.42 Å². The minimum absolute atomic E-state index is 0.197. The molecule has 6 heteroatoms. The van der Waals surface area contributed by atoms with E-state index >= 15 is 0 Å². The third kappa shape index (κ3) is 3.74. The fraction of sp³-hybridized carbons (Fsp3) is 0.235. The number of thioether (sulfide) groups is 1. The molecule has 2 aromatic heterocycles. The Balaban J connectivity index is 2.05. The van der Waals surface area contributed by atoms with Crippen LogP contribution in [-0.4, -0.2) is 21.5 Å². The molecule has 0 bridgehead atoms. The average molecular weight is 363 g/mol. The van der Waals surface area contributed by atoms with Gasteiger partial charge in [0, 0.05) is 28.1 Å². The molecular formula is C17H15ClN2OS2. The molecule has 3 rings (SSSR count). The fourth-order valence-electron chi connectivity index (χ4n) is 2.25. The van der Waals surface area contributed by atoms with Crippen molar-refractivity contribution in [3.8, 4) is 11.1 Å². The van der Waals surface area contributed by atoms with Crippen molar-refractivity contribution < 1.29 is 4.79 Å². The molecule has 118 valence electrons. The molecule has 0 aliphatic heterocycles. The molecule has 1 aromatic carbocycles. The number of carbonyl (C=O) groups is 1. The Bertz CT molecular complexity index is 859. The van der Waals surface area contributed by atoms with E-state index in [0.717, 1.165) is 43.0 Å². The van der Waals surface area contributed by atoms with Gasteiger partial charge in [-0.2, -0.15) is 0 Å². The predicted octanol–water partition coefficient (Wildman–Crippen LogP) is 5.39. The molecule has 3 nitrogen and oxygen atoms in total. The normalized spacial score (nSPS) is 11.1. The number of aromatic nitrogens is 2. The van der Waals surface area contributed by atoms with Gasteiger partial charge in [-0.3, -0.25) is 4.79 Å². The zero-order valence-corrected chi connectivity index (χ0v) is 15.2. The fourth-order valence-corrected chi connectivity index (χ4v) is 4.56. The highest BCUT2D eigenvalue weighted by atomic mass is 35.5. The summed E-state index contributed by atoms with van der Waals surface area (Å²) in [6, 6.07) is 7.79. The first-order valence-corrected chi connectivity index (χ1v) is 9.43. The molecule has 0 fully saturated rings. The predicted molar refractivity (Wildman–Crippen MR) is 98.6 cm³/mol. The molecule has 0 unspecified atom stereocenters. The number of hydrogen-bond donors (Lipinski definition) is 0. The quantitative estimate of drug-likeness (QED) is 0.450. The number of nitrogens with zero attached hydrogens (tertiary/aromatic N) is 2. The van der Waals surface area contributed by atoms with Crippen molar-refractivity contribution in [3.63, 3.8) is 0 Å². The van der Waals surface area contributed by atoms with Crippen LogP contribution in [0, 0.1) is 6.92 Å². The highest BCUT2D eigenvalue weighted by Gasteiger charge is 2.15. The lowest BCUT2D eigenvalue weighted by molar-refractivity contribution is -0.116. The molecule has 0 saturated carbocycles. The first kappa shape index (κ1) is 16.4. The molecule has 0 spiro atoms. The van der Waals surface area contributed by atoms with E-state index in [1.165, 1.54) is 0 Å². The summed E-state index contributed by atoms with van der Waals surface area (Å²) in [6.07, 6.45) is 0.551. The van der Waals surface area contributed by atoms with Crippen molar-refractivity contribution in [1.29, 1.82) is 0 Å². The Morgan fingerprint density at radius 2 is 2.00 bits per heavy atom. The number of ketones is 1. The number of aryl methyl sites for hydroxylation is 1. The lowest BCUT2D eigenvalue weighted by Gasteiger charge is -2.06. The lowest BCUT2D eigenvalue weighted by Crippen LogP contribution is -1.95. The van der Waals surface area contributed by atoms with E-state index in [1.54, 1.807) is 30.0 Å². The van der Waals surface area contributed by atoms with Gasteiger partial charge in [-0.1, -0.05) is 23.7 Å². The summed E-state index contributed by atoms with van der Waals surface area (Å²) in [7, 11) is 0. The van der Waals surface area contributed by atoms with E-state index in [1.807, 2.05) is 31.2 Å². The van der Waals surface area contributed by atoms with Crippen molar-refractivity contribution in [2.45, 2.75) is 25.3 Å². The molecule has 23 heavy (non-hydrogen) atoms. The maximum atomic E-state index is 11.2. The second-order valence-electron chi connectivity index (χ2n) is 5.21. The lowest BCUT2D eigenvalue weighted by atomic mass is 10.1. The summed E-state index contributed by atoms with van der Waals surface area (Å²) in [5.41, 5.74) is 2.22. The van der Waals surface area contributed by atoms with Gasteiger partial charge in [0.1, 0.15) is 21.5 Å². The second-order valence-corrected chi connectivity index (χ2v) is 7.59. The summed E-state index contributed by atoms with van der Waals surface area (Å²) in [5, 5.41) is 4.84. The minimum Gasteiger partial charge on any atom is -0.300 e. The number of thiophene rings is 1. The van der Waals surface area contributed by atoms with Crippen LogP contribution in [-0.2, 0) is 4.79 Å². The molecule has 2 heterocycles. The molecule has 0 aliphatic carbocycles. The molecule has 0 saturated heterocycles. The third-order valence-electron chi connectivity index (χ3n) is 3.36. The van der Waals surface area contributed by atoms with Crippen LogP contribution in [0.25, 0.3) is 21.3 Å². The second kappa shape index (κ2) is 6.99. The van der Waals surface area contributed by atoms with Crippen LogP contribution >= 0.6 is 34.7 Å². The number of Topliss-reactive ketones (excluding diaryl/α,β-unsaturated/α-hetero) is 1. The number of hydrogen-bond acceptors (Lipinski definition) is 5. The van der Waals surface area contributed by atoms with Crippen molar-refractivity contribution >= 4 is 50.7 Å². The van der Waals surface area contributed by atoms with Crippen LogP contribution in [0.4, 0.5) is 0 Å². The Hall–Kier alpha value is -1.43. The van der Waals surface area contributed by atoms with Crippen LogP contribution in [0.3, 0.4) is 0 Å². The summed E-state index contributed by atoms with van der Waals surface area (Å²) in [4.78, 5) is 21.3. The Labute approximate surface area is 148 Å². The van der Waals surface area contributed by atoms with Crippen LogP contribution < -0.4 is 0 Å². The molecule has 0 amide bonds. The Kier molecular flexibility index (Phi) is 4.99. The van der Waals surface area contributed by atoms with E-state index < -0.39 is 0 Å². The maximum Gasteiger partial charge on any atom is 0.130 e. The van der Waals surface area contributed by atoms with Gasteiger partial charge < -0.3 is 0 Å². The van der Waals surface area contributed by atoms with Gasteiger partial charge in [-0.25, -0.2) is 9.97 Å². The minimum atomic E-state index is 0.197. The molecule has 0 atom stereocenters. The topological polar surface area (TPSA) is 42.9 Å². The van der Waals surface area contributed by atoms with Crippen molar-refractivity contribution in [2.24, 2.45) is 0 Å². The molecular weight excluding hydrogens is 348 g/mol. The molecule has 0 N–H and O–H groups in total. The smallest absolute Gasteiger partial charge is 0.130 e. The Morgan fingerprint density at radius 3 is 2.70 bits per heavy atom. The van der Waals surface area contributed by atoms with Gasteiger partial charge in [0.15, 0.2) is 0 Å². The number of carbonyl (C=O) groups excluding carboxylic acids is 1. The Morgan fingerprint density at radius 1 is 1.26 bits per heavy atom. The van der Waals surface area contributed by atoms with Crippen molar-refractivity contribution in [3.05, 3.63) is 40.5 Å². The average Bonchev–Trinajstić information content (AvgIpc) is 2.91. The highest BCUT2D eigenvalue weighted by Crippen LogP contribution is 2.38.